The molecular formula is C23H29FN4O3S. The van der Waals surface area contributed by atoms with Crippen LogP contribution >= 0.6 is 0 Å². The van der Waals surface area contributed by atoms with E-state index in [0.29, 0.717) is 38.3 Å². The number of sulfonamides is 1. The van der Waals surface area contributed by atoms with Crippen LogP contribution in [0.1, 0.15) is 19.4 Å². The van der Waals surface area contributed by atoms with Crippen LogP contribution in [0, 0.1) is 5.82 Å². The second-order valence-electron chi connectivity index (χ2n) is 8.41. The lowest BCUT2D eigenvalue weighted by molar-refractivity contribution is -0.116. The van der Waals surface area contributed by atoms with Gasteiger partial charge >= 0.3 is 0 Å². The van der Waals surface area contributed by atoms with Gasteiger partial charge < -0.3 is 9.80 Å². The van der Waals surface area contributed by atoms with E-state index in [4.69, 9.17) is 0 Å². The summed E-state index contributed by atoms with van der Waals surface area (Å²) in [5, 5.41) is 0. The number of carbonyl (C=O) groups excluding carboxylic acids is 1. The Bertz CT molecular complexity index is 1100. The van der Waals surface area contributed by atoms with Gasteiger partial charge in [0, 0.05) is 57.9 Å². The average Bonchev–Trinajstić information content (AvgIpc) is 3.09. The molecule has 1 amide bonds. The lowest BCUT2D eigenvalue weighted by atomic mass is 10.1. The summed E-state index contributed by atoms with van der Waals surface area (Å²) in [6.45, 7) is 7.25. The lowest BCUT2D eigenvalue weighted by Crippen LogP contribution is -2.48. The highest BCUT2D eigenvalue weighted by Crippen LogP contribution is 2.33. The van der Waals surface area contributed by atoms with Crippen molar-refractivity contribution < 1.29 is 17.6 Å². The number of nitrogens with zero attached hydrogens (tertiary/aromatic N) is 3. The molecule has 1 atom stereocenters. The Balaban J connectivity index is 1.31. The van der Waals surface area contributed by atoms with Crippen LogP contribution < -0.4 is 14.5 Å². The van der Waals surface area contributed by atoms with E-state index in [1.165, 1.54) is 13.0 Å². The molecule has 32 heavy (non-hydrogen) atoms. The molecule has 1 saturated heterocycles. The monoisotopic (exact) mass is 460 g/mol. The third kappa shape index (κ3) is 4.65. The van der Waals surface area contributed by atoms with Gasteiger partial charge in [0.05, 0.1) is 10.6 Å². The van der Waals surface area contributed by atoms with Crippen molar-refractivity contribution in [2.75, 3.05) is 49.1 Å². The summed E-state index contributed by atoms with van der Waals surface area (Å²) in [6, 6.07) is 11.7. The Kier molecular flexibility index (Phi) is 6.50. The minimum atomic E-state index is -3.64. The summed E-state index contributed by atoms with van der Waals surface area (Å²) in [5.74, 6) is -0.260. The normalized spacial score (nSPS) is 19.3. The number of amides is 1. The molecule has 1 fully saturated rings. The van der Waals surface area contributed by atoms with Crippen molar-refractivity contribution in [1.82, 2.24) is 9.62 Å². The van der Waals surface area contributed by atoms with E-state index in [-0.39, 0.29) is 22.7 Å². The number of rotatable bonds is 6. The molecular weight excluding hydrogens is 431 g/mol. The SMILES string of the molecule is CC(=O)N1c2ccc(S(=O)(=O)NCCN3CCN(c4ccccc4F)CC3)cc2CC1C. The maximum atomic E-state index is 14.0. The van der Waals surface area contributed by atoms with E-state index < -0.39 is 10.0 Å². The van der Waals surface area contributed by atoms with Gasteiger partial charge in [-0.15, -0.1) is 0 Å². The highest BCUT2D eigenvalue weighted by molar-refractivity contribution is 7.89. The molecule has 2 aliphatic heterocycles. The standard InChI is InChI=1S/C23H29FN4O3S/c1-17-15-19-16-20(7-8-22(19)28(17)18(2)29)32(30,31)25-9-10-26-11-13-27(14-12-26)23-6-4-3-5-21(23)24/h3-8,16-17,25H,9-15H2,1-2H3. The molecule has 2 aliphatic rings. The van der Waals surface area contributed by atoms with Gasteiger partial charge in [-0.2, -0.15) is 0 Å². The fraction of sp³-hybridized carbons (Fsp3) is 0.435. The number of benzene rings is 2. The van der Waals surface area contributed by atoms with Gasteiger partial charge in [0.25, 0.3) is 0 Å². The van der Waals surface area contributed by atoms with Gasteiger partial charge in [0.15, 0.2) is 0 Å². The van der Waals surface area contributed by atoms with Gasteiger partial charge in [-0.05, 0) is 49.2 Å². The van der Waals surface area contributed by atoms with Crippen molar-refractivity contribution in [3.05, 3.63) is 53.8 Å². The third-order valence-electron chi connectivity index (χ3n) is 6.20. The molecule has 172 valence electrons. The topological polar surface area (TPSA) is 73.0 Å². The zero-order valence-electron chi connectivity index (χ0n) is 18.4. The Labute approximate surface area is 188 Å². The minimum Gasteiger partial charge on any atom is -0.367 e. The number of hydrogen-bond donors (Lipinski definition) is 1. The predicted octanol–water partition coefficient (Wildman–Crippen LogP) is 2.22. The first-order valence-electron chi connectivity index (χ1n) is 10.9. The van der Waals surface area contributed by atoms with Crippen molar-refractivity contribution in [2.45, 2.75) is 31.2 Å². The van der Waals surface area contributed by atoms with Crippen molar-refractivity contribution in [3.63, 3.8) is 0 Å². The Morgan fingerprint density at radius 1 is 1.09 bits per heavy atom. The number of para-hydroxylation sites is 1. The van der Waals surface area contributed by atoms with Crippen LogP contribution in [0.25, 0.3) is 0 Å². The van der Waals surface area contributed by atoms with Crippen molar-refractivity contribution in [2.24, 2.45) is 0 Å². The second kappa shape index (κ2) is 9.17. The Hall–Kier alpha value is -2.49. The van der Waals surface area contributed by atoms with Gasteiger partial charge in [0.2, 0.25) is 15.9 Å². The molecule has 0 radical (unpaired) electrons. The highest BCUT2D eigenvalue weighted by atomic mass is 32.2. The quantitative estimate of drug-likeness (QED) is 0.716. The van der Waals surface area contributed by atoms with E-state index in [2.05, 4.69) is 9.62 Å². The minimum absolute atomic E-state index is 0.0245. The number of halogens is 1. The first-order valence-corrected chi connectivity index (χ1v) is 12.4. The van der Waals surface area contributed by atoms with Gasteiger partial charge in [-0.25, -0.2) is 17.5 Å². The van der Waals surface area contributed by atoms with E-state index in [0.717, 1.165) is 24.3 Å². The number of piperazine rings is 1. The molecule has 1 unspecified atom stereocenters. The number of hydrogen-bond acceptors (Lipinski definition) is 5. The summed E-state index contributed by atoms with van der Waals surface area (Å²) < 4.78 is 42.2. The number of carbonyl (C=O) groups is 1. The number of nitrogens with one attached hydrogen (secondary N) is 1. The van der Waals surface area contributed by atoms with Crippen LogP contribution in [0.3, 0.4) is 0 Å². The van der Waals surface area contributed by atoms with Crippen LogP contribution in [0.5, 0.6) is 0 Å². The average molecular weight is 461 g/mol. The van der Waals surface area contributed by atoms with Crippen molar-refractivity contribution >= 4 is 27.3 Å². The Morgan fingerprint density at radius 2 is 1.81 bits per heavy atom. The molecule has 9 heteroatoms. The molecule has 1 N–H and O–H groups in total. The molecule has 2 aromatic rings. The van der Waals surface area contributed by atoms with E-state index in [1.807, 2.05) is 17.9 Å². The molecule has 0 spiro atoms. The summed E-state index contributed by atoms with van der Waals surface area (Å²) >= 11 is 0. The van der Waals surface area contributed by atoms with Gasteiger partial charge in [-0.1, -0.05) is 12.1 Å². The Morgan fingerprint density at radius 3 is 2.50 bits per heavy atom. The van der Waals surface area contributed by atoms with Gasteiger partial charge in [0.1, 0.15) is 5.82 Å². The summed E-state index contributed by atoms with van der Waals surface area (Å²) in [7, 11) is -3.64. The first kappa shape index (κ1) is 22.7. The molecule has 4 rings (SSSR count). The van der Waals surface area contributed by atoms with E-state index >= 15 is 0 Å². The zero-order valence-corrected chi connectivity index (χ0v) is 19.2. The summed E-state index contributed by atoms with van der Waals surface area (Å²) in [4.78, 5) is 18.0. The lowest BCUT2D eigenvalue weighted by Gasteiger charge is -2.36. The molecule has 0 aliphatic carbocycles. The maximum absolute atomic E-state index is 14.0. The van der Waals surface area contributed by atoms with Crippen LogP contribution in [-0.4, -0.2) is 64.5 Å². The van der Waals surface area contributed by atoms with E-state index in [9.17, 15) is 17.6 Å². The molecule has 2 aromatic carbocycles. The van der Waals surface area contributed by atoms with Crippen LogP contribution in [0.2, 0.25) is 0 Å². The molecule has 2 heterocycles. The molecule has 0 aromatic heterocycles. The van der Waals surface area contributed by atoms with E-state index in [1.54, 1.807) is 35.2 Å². The van der Waals surface area contributed by atoms with Crippen LogP contribution in [-0.2, 0) is 21.2 Å². The summed E-state index contributed by atoms with van der Waals surface area (Å²) in [5.41, 5.74) is 2.28. The smallest absolute Gasteiger partial charge is 0.240 e. The fourth-order valence-corrected chi connectivity index (χ4v) is 5.67. The second-order valence-corrected chi connectivity index (χ2v) is 10.2. The third-order valence-corrected chi connectivity index (χ3v) is 7.66. The van der Waals surface area contributed by atoms with Crippen molar-refractivity contribution in [1.29, 1.82) is 0 Å². The highest BCUT2D eigenvalue weighted by Gasteiger charge is 2.30. The number of anilines is 2. The maximum Gasteiger partial charge on any atom is 0.240 e. The van der Waals surface area contributed by atoms with Gasteiger partial charge in [-0.3, -0.25) is 9.69 Å². The zero-order chi connectivity index (χ0) is 22.9. The molecule has 0 bridgehead atoms. The van der Waals surface area contributed by atoms with Crippen molar-refractivity contribution in [3.8, 4) is 0 Å². The summed E-state index contributed by atoms with van der Waals surface area (Å²) in [6.07, 6.45) is 0.643. The molecule has 7 nitrogen and oxygen atoms in total. The predicted molar refractivity (Wildman–Crippen MR) is 123 cm³/mol. The fourth-order valence-electron chi connectivity index (χ4n) is 4.60. The number of fused-ring (bicyclic) bond motifs is 1. The first-order chi connectivity index (χ1) is 15.3. The molecule has 0 saturated carbocycles. The largest absolute Gasteiger partial charge is 0.367 e. The van der Waals surface area contributed by atoms with Crippen LogP contribution in [0.4, 0.5) is 15.8 Å². The van der Waals surface area contributed by atoms with Crippen LogP contribution in [0.15, 0.2) is 47.4 Å².